The molecule has 0 radical (unpaired) electrons. The summed E-state index contributed by atoms with van der Waals surface area (Å²) in [5.74, 6) is -1.09. The number of hydrogen-bond acceptors (Lipinski definition) is 4. The number of nitrogens with zero attached hydrogens (tertiary/aromatic N) is 2. The third-order valence-corrected chi connectivity index (χ3v) is 6.24. The standard InChI is InChI=1S/C12H22N2O5S/c15-9-8-13(10-4-3-5-10)20(18,19)14-7-2-1-6-11(14)12(16)17/h10-11,15H,1-9H2,(H,16,17). The van der Waals surface area contributed by atoms with E-state index in [4.69, 9.17) is 5.11 Å². The lowest BCUT2D eigenvalue weighted by Gasteiger charge is -2.41. The van der Waals surface area contributed by atoms with Crippen molar-refractivity contribution in [3.63, 3.8) is 0 Å². The lowest BCUT2D eigenvalue weighted by Crippen LogP contribution is -2.57. The lowest BCUT2D eigenvalue weighted by atomic mass is 9.93. The van der Waals surface area contributed by atoms with Crippen molar-refractivity contribution in [1.29, 1.82) is 0 Å². The molecule has 1 atom stereocenters. The number of aliphatic carboxylic acids is 1. The van der Waals surface area contributed by atoms with Crippen LogP contribution in [-0.4, -0.2) is 65.0 Å². The van der Waals surface area contributed by atoms with E-state index in [1.54, 1.807) is 0 Å². The lowest BCUT2D eigenvalue weighted by molar-refractivity contribution is -0.142. The summed E-state index contributed by atoms with van der Waals surface area (Å²) in [4.78, 5) is 11.3. The Hall–Kier alpha value is -0.700. The molecule has 7 nitrogen and oxygen atoms in total. The smallest absolute Gasteiger partial charge is 0.322 e. The van der Waals surface area contributed by atoms with Crippen molar-refractivity contribution in [3.05, 3.63) is 0 Å². The van der Waals surface area contributed by atoms with Crippen LogP contribution in [-0.2, 0) is 15.0 Å². The minimum absolute atomic E-state index is 0.0375. The molecule has 1 aliphatic heterocycles. The van der Waals surface area contributed by atoms with Crippen LogP contribution in [0.2, 0.25) is 0 Å². The molecule has 2 rings (SSSR count). The van der Waals surface area contributed by atoms with Crippen LogP contribution in [0.3, 0.4) is 0 Å². The predicted molar refractivity (Wildman–Crippen MR) is 72.3 cm³/mol. The van der Waals surface area contributed by atoms with E-state index in [1.165, 1.54) is 4.31 Å². The topological polar surface area (TPSA) is 98.2 Å². The van der Waals surface area contributed by atoms with E-state index in [0.717, 1.165) is 30.0 Å². The summed E-state index contributed by atoms with van der Waals surface area (Å²) in [6.45, 7) is 0.0328. The number of carboxylic acid groups (broad SMARTS) is 1. The van der Waals surface area contributed by atoms with Crippen molar-refractivity contribution < 1.29 is 23.4 Å². The molecule has 116 valence electrons. The molecule has 0 aromatic rings. The maximum Gasteiger partial charge on any atom is 0.322 e. The number of hydrogen-bond donors (Lipinski definition) is 2. The van der Waals surface area contributed by atoms with Crippen molar-refractivity contribution in [1.82, 2.24) is 8.61 Å². The summed E-state index contributed by atoms with van der Waals surface area (Å²) in [7, 11) is -3.81. The summed E-state index contributed by atoms with van der Waals surface area (Å²) in [6, 6.07) is -1.07. The molecule has 0 amide bonds. The Balaban J connectivity index is 2.22. The second kappa shape index (κ2) is 6.38. The van der Waals surface area contributed by atoms with Gasteiger partial charge in [-0.2, -0.15) is 17.0 Å². The van der Waals surface area contributed by atoms with Crippen LogP contribution in [0.15, 0.2) is 0 Å². The van der Waals surface area contributed by atoms with Crippen molar-refractivity contribution in [2.75, 3.05) is 19.7 Å². The SMILES string of the molecule is O=C(O)C1CCCCN1S(=O)(=O)N(CCO)C1CCC1. The Bertz CT molecular complexity index is 449. The Kier molecular flexibility index (Phi) is 5.00. The summed E-state index contributed by atoms with van der Waals surface area (Å²) in [5.41, 5.74) is 0. The first-order chi connectivity index (χ1) is 9.48. The van der Waals surface area contributed by atoms with Crippen molar-refractivity contribution in [3.8, 4) is 0 Å². The highest BCUT2D eigenvalue weighted by atomic mass is 32.2. The average Bonchev–Trinajstić information content (AvgIpc) is 2.36. The van der Waals surface area contributed by atoms with Crippen LogP contribution in [0.5, 0.6) is 0 Å². The molecule has 0 spiro atoms. The molecule has 2 aliphatic rings. The van der Waals surface area contributed by atoms with Crippen LogP contribution >= 0.6 is 0 Å². The highest BCUT2D eigenvalue weighted by Crippen LogP contribution is 2.30. The molecule has 2 fully saturated rings. The summed E-state index contributed by atoms with van der Waals surface area (Å²) in [5, 5.41) is 18.3. The summed E-state index contributed by atoms with van der Waals surface area (Å²) >= 11 is 0. The first-order valence-corrected chi connectivity index (χ1v) is 8.50. The van der Waals surface area contributed by atoms with Gasteiger partial charge in [0, 0.05) is 19.1 Å². The van der Waals surface area contributed by atoms with Crippen LogP contribution in [0, 0.1) is 0 Å². The molecule has 1 heterocycles. The second-order valence-corrected chi connectivity index (χ2v) is 7.22. The number of aliphatic hydroxyl groups excluding tert-OH is 1. The Morgan fingerprint density at radius 1 is 1.20 bits per heavy atom. The molecule has 2 N–H and O–H groups in total. The molecular formula is C12H22N2O5S. The molecular weight excluding hydrogens is 284 g/mol. The molecule has 0 aromatic carbocycles. The first kappa shape index (κ1) is 15.7. The van der Waals surface area contributed by atoms with E-state index >= 15 is 0 Å². The highest BCUT2D eigenvalue weighted by Gasteiger charge is 2.43. The van der Waals surface area contributed by atoms with Crippen LogP contribution in [0.25, 0.3) is 0 Å². The van der Waals surface area contributed by atoms with Crippen molar-refractivity contribution in [2.45, 2.75) is 50.6 Å². The van der Waals surface area contributed by atoms with Crippen molar-refractivity contribution >= 4 is 16.2 Å². The van der Waals surface area contributed by atoms with Crippen molar-refractivity contribution in [2.24, 2.45) is 0 Å². The number of aliphatic hydroxyl groups is 1. The molecule has 8 heteroatoms. The van der Waals surface area contributed by atoms with Gasteiger partial charge in [-0.1, -0.05) is 6.42 Å². The quantitative estimate of drug-likeness (QED) is 0.721. The number of carboxylic acids is 1. The third kappa shape index (κ3) is 2.98. The summed E-state index contributed by atoms with van der Waals surface area (Å²) in [6.07, 6.45) is 4.30. The normalized spacial score (nSPS) is 25.6. The van der Waals surface area contributed by atoms with Gasteiger partial charge in [-0.15, -0.1) is 0 Å². The third-order valence-electron chi connectivity index (χ3n) is 4.13. The van der Waals surface area contributed by atoms with E-state index in [-0.39, 0.29) is 25.7 Å². The highest BCUT2D eigenvalue weighted by molar-refractivity contribution is 7.86. The minimum atomic E-state index is -3.81. The molecule has 0 bridgehead atoms. The molecule has 1 saturated carbocycles. The van der Waals surface area contributed by atoms with Gasteiger partial charge in [-0.3, -0.25) is 4.79 Å². The zero-order valence-corrected chi connectivity index (χ0v) is 12.3. The van der Waals surface area contributed by atoms with Gasteiger partial charge in [0.2, 0.25) is 0 Å². The van der Waals surface area contributed by atoms with Gasteiger partial charge in [0.15, 0.2) is 0 Å². The molecule has 1 unspecified atom stereocenters. The fourth-order valence-corrected chi connectivity index (χ4v) is 4.87. The van der Waals surface area contributed by atoms with Gasteiger partial charge in [0.05, 0.1) is 6.61 Å². The van der Waals surface area contributed by atoms with Gasteiger partial charge in [0.25, 0.3) is 10.2 Å². The van der Waals surface area contributed by atoms with E-state index in [9.17, 15) is 18.3 Å². The molecule has 0 aromatic heterocycles. The first-order valence-electron chi connectivity index (χ1n) is 7.10. The number of carbonyl (C=O) groups is 1. The van der Waals surface area contributed by atoms with Crippen LogP contribution in [0.1, 0.15) is 38.5 Å². The van der Waals surface area contributed by atoms with Crippen LogP contribution in [0.4, 0.5) is 0 Å². The van der Waals surface area contributed by atoms with E-state index in [2.05, 4.69) is 0 Å². The molecule has 1 saturated heterocycles. The molecule has 20 heavy (non-hydrogen) atoms. The maximum absolute atomic E-state index is 12.7. The minimum Gasteiger partial charge on any atom is -0.480 e. The summed E-state index contributed by atoms with van der Waals surface area (Å²) < 4.78 is 27.8. The van der Waals surface area contributed by atoms with Gasteiger partial charge in [-0.25, -0.2) is 0 Å². The average molecular weight is 306 g/mol. The predicted octanol–water partition coefficient (Wildman–Crippen LogP) is 0.0171. The maximum atomic E-state index is 12.7. The second-order valence-electron chi connectivity index (χ2n) is 5.39. The molecule has 1 aliphatic carbocycles. The van der Waals surface area contributed by atoms with E-state index in [0.29, 0.717) is 12.8 Å². The largest absolute Gasteiger partial charge is 0.480 e. The monoisotopic (exact) mass is 306 g/mol. The zero-order chi connectivity index (χ0) is 14.8. The van der Waals surface area contributed by atoms with Gasteiger partial charge in [-0.05, 0) is 32.1 Å². The fourth-order valence-electron chi connectivity index (χ4n) is 2.82. The number of rotatable bonds is 6. The fraction of sp³-hybridized carbons (Fsp3) is 0.917. The van der Waals surface area contributed by atoms with E-state index in [1.807, 2.05) is 0 Å². The Labute approximate surface area is 119 Å². The van der Waals surface area contributed by atoms with Crippen LogP contribution < -0.4 is 0 Å². The Morgan fingerprint density at radius 2 is 1.90 bits per heavy atom. The zero-order valence-electron chi connectivity index (χ0n) is 11.4. The van der Waals surface area contributed by atoms with E-state index < -0.39 is 22.2 Å². The number of piperidine rings is 1. The van der Waals surface area contributed by atoms with Gasteiger partial charge >= 0.3 is 5.97 Å². The Morgan fingerprint density at radius 3 is 2.40 bits per heavy atom. The van der Waals surface area contributed by atoms with Gasteiger partial charge < -0.3 is 10.2 Å². The van der Waals surface area contributed by atoms with Gasteiger partial charge in [0.1, 0.15) is 6.04 Å².